The first-order valence-electron chi connectivity index (χ1n) is 10.5. The van der Waals surface area contributed by atoms with E-state index in [1.807, 2.05) is 19.0 Å². The van der Waals surface area contributed by atoms with Gasteiger partial charge in [-0.25, -0.2) is 4.79 Å². The number of nitrogens with zero attached hydrogens (tertiary/aromatic N) is 5. The quantitative estimate of drug-likeness (QED) is 0.459. The van der Waals surface area contributed by atoms with Crippen LogP contribution in [-0.4, -0.2) is 78.2 Å². The van der Waals surface area contributed by atoms with Crippen LogP contribution < -0.4 is 4.90 Å². The number of benzene rings is 1. The molecule has 0 atom stereocenters. The highest BCUT2D eigenvalue weighted by atomic mass is 32.1. The minimum absolute atomic E-state index is 0.0137. The van der Waals surface area contributed by atoms with Crippen molar-refractivity contribution in [1.82, 2.24) is 14.7 Å². The molecule has 0 bridgehead atoms. The number of likely N-dealkylation sites (N-methyl/N-ethyl adjacent to an activating group) is 1. The highest BCUT2D eigenvalue weighted by Gasteiger charge is 2.43. The van der Waals surface area contributed by atoms with Crippen LogP contribution in [-0.2, 0) is 15.7 Å². The second-order valence-corrected chi connectivity index (χ2v) is 8.58. The number of carbonyl (C=O) groups is 2. The van der Waals surface area contributed by atoms with E-state index in [0.717, 1.165) is 17.0 Å². The largest absolute Gasteiger partial charge is 0.448 e. The second kappa shape index (κ2) is 9.99. The third-order valence-corrected chi connectivity index (χ3v) is 6.06. The normalized spacial score (nSPS) is 17.6. The van der Waals surface area contributed by atoms with E-state index in [2.05, 4.69) is 6.58 Å². The number of amides is 2. The molecule has 12 heteroatoms. The van der Waals surface area contributed by atoms with Gasteiger partial charge in [0.1, 0.15) is 12.3 Å². The molecular weight excluding hydrogens is 471 g/mol. The molecule has 2 heterocycles. The van der Waals surface area contributed by atoms with Crippen molar-refractivity contribution in [3.05, 3.63) is 41.6 Å². The van der Waals surface area contributed by atoms with Gasteiger partial charge in [0, 0.05) is 25.7 Å². The summed E-state index contributed by atoms with van der Waals surface area (Å²) in [5, 5.41) is 9.02. The number of alkyl halides is 3. The van der Waals surface area contributed by atoms with E-state index in [9.17, 15) is 22.8 Å². The van der Waals surface area contributed by atoms with Crippen molar-refractivity contribution >= 4 is 35.0 Å². The van der Waals surface area contributed by atoms with Crippen LogP contribution in [0.3, 0.4) is 0 Å². The van der Waals surface area contributed by atoms with Crippen molar-refractivity contribution in [3.63, 3.8) is 0 Å². The van der Waals surface area contributed by atoms with Gasteiger partial charge in [0.05, 0.1) is 22.9 Å². The lowest BCUT2D eigenvalue weighted by Crippen LogP contribution is -2.47. The van der Waals surface area contributed by atoms with Gasteiger partial charge in [-0.1, -0.05) is 6.58 Å². The van der Waals surface area contributed by atoms with Gasteiger partial charge in [0.2, 0.25) is 0 Å². The number of likely N-dealkylation sites (tertiary alicyclic amines) is 1. The van der Waals surface area contributed by atoms with Crippen LogP contribution in [0, 0.1) is 11.3 Å². The molecule has 8 nitrogen and oxygen atoms in total. The number of hydrogen-bond acceptors (Lipinski definition) is 6. The Balaban J connectivity index is 1.72. The van der Waals surface area contributed by atoms with Gasteiger partial charge in [0.25, 0.3) is 5.91 Å². The summed E-state index contributed by atoms with van der Waals surface area (Å²) in [6.07, 6.45) is -4.23. The Morgan fingerprint density at radius 2 is 1.97 bits per heavy atom. The zero-order valence-electron chi connectivity index (χ0n) is 18.8. The first kappa shape index (κ1) is 25.5. The number of carbonyl (C=O) groups excluding carboxylic acids is 2. The van der Waals surface area contributed by atoms with Crippen LogP contribution >= 0.6 is 12.2 Å². The number of anilines is 1. The molecular formula is C22H24F3N5O3S. The van der Waals surface area contributed by atoms with Gasteiger partial charge < -0.3 is 19.4 Å². The first-order valence-corrected chi connectivity index (χ1v) is 10.9. The smallest absolute Gasteiger partial charge is 0.417 e. The summed E-state index contributed by atoms with van der Waals surface area (Å²) in [5.74, 6) is -0.631. The lowest BCUT2D eigenvalue weighted by molar-refractivity contribution is -0.137. The third-order valence-electron chi connectivity index (χ3n) is 5.68. The molecule has 0 N–H and O–H groups in total. The predicted molar refractivity (Wildman–Crippen MR) is 122 cm³/mol. The Bertz CT molecular complexity index is 1050. The lowest BCUT2D eigenvalue weighted by Gasteiger charge is -2.36. The van der Waals surface area contributed by atoms with E-state index in [1.54, 1.807) is 4.90 Å². The summed E-state index contributed by atoms with van der Waals surface area (Å²) in [4.78, 5) is 31.1. The maximum Gasteiger partial charge on any atom is 0.417 e. The summed E-state index contributed by atoms with van der Waals surface area (Å²) in [5.41, 5.74) is -1.73. The first-order chi connectivity index (χ1) is 16.0. The number of rotatable bonds is 5. The number of nitriles is 1. The number of thiocarbonyl (C=S) groups is 1. The van der Waals surface area contributed by atoms with Crippen molar-refractivity contribution in [2.45, 2.75) is 25.1 Å². The van der Waals surface area contributed by atoms with E-state index >= 15 is 0 Å². The minimum atomic E-state index is -4.77. The number of ether oxygens (including phenoxy) is 1. The number of halogens is 3. The molecule has 0 radical (unpaired) electrons. The molecule has 0 saturated carbocycles. The van der Waals surface area contributed by atoms with Crippen LogP contribution in [0.2, 0.25) is 0 Å². The molecule has 0 aliphatic carbocycles. The molecule has 2 aliphatic rings. The molecule has 1 aromatic rings. The van der Waals surface area contributed by atoms with Gasteiger partial charge in [-0.3, -0.25) is 9.69 Å². The summed E-state index contributed by atoms with van der Waals surface area (Å²) >= 11 is 5.45. The molecule has 2 amide bonds. The third kappa shape index (κ3) is 5.15. The Morgan fingerprint density at radius 1 is 1.32 bits per heavy atom. The SMILES string of the molecule is C=C1C(=O)N(c2ccc(C#N)c(C(F)(F)F)c2)C(=S)N1C1CCN(C(=O)OCCN(C)C)CC1. The molecule has 1 aromatic carbocycles. The van der Waals surface area contributed by atoms with Gasteiger partial charge in [-0.2, -0.15) is 18.4 Å². The standard InChI is InChI=1S/C22H24F3N5O3S/c1-14-19(31)30(17-5-4-15(13-26)18(12-17)22(23,24)25)20(34)29(14)16-6-8-28(9-7-16)21(32)33-11-10-27(2)3/h4-5,12,16H,1,6-11H2,2-3H3. The molecule has 0 aromatic heterocycles. The van der Waals surface area contributed by atoms with E-state index in [4.69, 9.17) is 22.2 Å². The lowest BCUT2D eigenvalue weighted by atomic mass is 10.0. The van der Waals surface area contributed by atoms with E-state index in [-0.39, 0.29) is 29.1 Å². The molecule has 0 unspecified atom stereocenters. The Hall–Kier alpha value is -3.17. The predicted octanol–water partition coefficient (Wildman–Crippen LogP) is 3.19. The summed E-state index contributed by atoms with van der Waals surface area (Å²) in [6, 6.07) is 4.27. The summed E-state index contributed by atoms with van der Waals surface area (Å²) < 4.78 is 45.5. The monoisotopic (exact) mass is 495 g/mol. The molecule has 34 heavy (non-hydrogen) atoms. The number of piperidine rings is 1. The van der Waals surface area contributed by atoms with Gasteiger partial charge in [-0.15, -0.1) is 0 Å². The molecule has 3 rings (SSSR count). The second-order valence-electron chi connectivity index (χ2n) is 8.22. The van der Waals surface area contributed by atoms with Crippen LogP contribution in [0.4, 0.5) is 23.7 Å². The van der Waals surface area contributed by atoms with E-state index in [1.165, 1.54) is 17.0 Å². The van der Waals surface area contributed by atoms with Crippen molar-refractivity contribution < 1.29 is 27.5 Å². The maximum atomic E-state index is 13.4. The van der Waals surface area contributed by atoms with Gasteiger partial charge in [-0.05, 0) is 57.4 Å². The molecule has 2 aliphatic heterocycles. The van der Waals surface area contributed by atoms with Crippen molar-refractivity contribution in [3.8, 4) is 6.07 Å². The van der Waals surface area contributed by atoms with Crippen LogP contribution in [0.5, 0.6) is 0 Å². The van der Waals surface area contributed by atoms with Gasteiger partial charge >= 0.3 is 12.3 Å². The molecule has 0 spiro atoms. The summed E-state index contributed by atoms with van der Waals surface area (Å²) in [7, 11) is 3.75. The fraction of sp³-hybridized carbons (Fsp3) is 0.455. The zero-order chi connectivity index (χ0) is 25.2. The molecule has 2 fully saturated rings. The molecule has 182 valence electrons. The topological polar surface area (TPSA) is 80.1 Å². The van der Waals surface area contributed by atoms with E-state index < -0.39 is 29.3 Å². The highest BCUT2D eigenvalue weighted by Crippen LogP contribution is 2.37. The van der Waals surface area contributed by atoms with Crippen LogP contribution in [0.25, 0.3) is 0 Å². The van der Waals surface area contributed by atoms with Crippen molar-refractivity contribution in [2.24, 2.45) is 0 Å². The van der Waals surface area contributed by atoms with Crippen LogP contribution in [0.1, 0.15) is 24.0 Å². The van der Waals surface area contributed by atoms with Gasteiger partial charge in [0.15, 0.2) is 5.11 Å². The Morgan fingerprint density at radius 3 is 2.53 bits per heavy atom. The zero-order valence-corrected chi connectivity index (χ0v) is 19.6. The minimum Gasteiger partial charge on any atom is -0.448 e. The fourth-order valence-corrected chi connectivity index (χ4v) is 4.31. The molecule has 2 saturated heterocycles. The number of hydrogen-bond donors (Lipinski definition) is 0. The average Bonchev–Trinajstić information content (AvgIpc) is 3.00. The highest BCUT2D eigenvalue weighted by molar-refractivity contribution is 7.80. The van der Waals surface area contributed by atoms with Crippen molar-refractivity contribution in [1.29, 1.82) is 5.26 Å². The summed E-state index contributed by atoms with van der Waals surface area (Å²) in [6.45, 7) is 5.42. The fourth-order valence-electron chi connectivity index (χ4n) is 3.86. The average molecular weight is 496 g/mol. The van der Waals surface area contributed by atoms with E-state index in [0.29, 0.717) is 32.5 Å². The Labute approximate surface area is 200 Å². The Kier molecular flexibility index (Phi) is 7.48. The maximum absolute atomic E-state index is 13.4. The van der Waals surface area contributed by atoms with Crippen molar-refractivity contribution in [2.75, 3.05) is 45.2 Å². The van der Waals surface area contributed by atoms with Crippen LogP contribution in [0.15, 0.2) is 30.5 Å².